The van der Waals surface area contributed by atoms with E-state index >= 15 is 0 Å². The SMILES string of the molecule is CCCN(Cc1cccnc1)C(=O)[C@@H]1CCCN1.Cl.Cl. The molecule has 1 aromatic heterocycles. The molecule has 1 aliphatic rings. The Labute approximate surface area is 133 Å². The van der Waals surface area contributed by atoms with Crippen LogP contribution in [0.15, 0.2) is 24.5 Å². The number of nitrogens with one attached hydrogen (secondary N) is 1. The zero-order valence-corrected chi connectivity index (χ0v) is 13.4. The highest BCUT2D eigenvalue weighted by Gasteiger charge is 2.26. The minimum absolute atomic E-state index is 0. The summed E-state index contributed by atoms with van der Waals surface area (Å²) in [5, 5.41) is 3.27. The Morgan fingerprint density at radius 1 is 1.50 bits per heavy atom. The summed E-state index contributed by atoms with van der Waals surface area (Å²) in [6.07, 6.45) is 6.64. The van der Waals surface area contributed by atoms with Crippen LogP contribution in [0.4, 0.5) is 0 Å². The molecular formula is C14H23Cl2N3O. The fourth-order valence-corrected chi connectivity index (χ4v) is 2.36. The second-order valence-electron chi connectivity index (χ2n) is 4.77. The van der Waals surface area contributed by atoms with Gasteiger partial charge in [-0.05, 0) is 37.4 Å². The summed E-state index contributed by atoms with van der Waals surface area (Å²) in [6, 6.07) is 3.95. The van der Waals surface area contributed by atoms with Gasteiger partial charge in [0.2, 0.25) is 5.91 Å². The smallest absolute Gasteiger partial charge is 0.240 e. The first kappa shape index (κ1) is 19.2. The van der Waals surface area contributed by atoms with Crippen molar-refractivity contribution in [3.8, 4) is 0 Å². The van der Waals surface area contributed by atoms with Crippen molar-refractivity contribution in [1.29, 1.82) is 0 Å². The number of halogens is 2. The number of rotatable bonds is 5. The zero-order valence-electron chi connectivity index (χ0n) is 11.7. The van der Waals surface area contributed by atoms with Crippen LogP contribution in [-0.4, -0.2) is 34.9 Å². The monoisotopic (exact) mass is 319 g/mol. The quantitative estimate of drug-likeness (QED) is 0.906. The van der Waals surface area contributed by atoms with Crippen molar-refractivity contribution in [2.75, 3.05) is 13.1 Å². The molecule has 0 radical (unpaired) electrons. The molecule has 20 heavy (non-hydrogen) atoms. The fourth-order valence-electron chi connectivity index (χ4n) is 2.36. The average Bonchev–Trinajstić information content (AvgIpc) is 2.92. The van der Waals surface area contributed by atoms with E-state index in [0.717, 1.165) is 37.9 Å². The lowest BCUT2D eigenvalue weighted by atomic mass is 10.1. The highest BCUT2D eigenvalue weighted by Crippen LogP contribution is 2.12. The number of carbonyl (C=O) groups is 1. The van der Waals surface area contributed by atoms with Crippen LogP contribution in [0.25, 0.3) is 0 Å². The Morgan fingerprint density at radius 3 is 2.85 bits per heavy atom. The largest absolute Gasteiger partial charge is 0.337 e. The molecule has 0 unspecified atom stereocenters. The molecule has 1 amide bonds. The van der Waals surface area contributed by atoms with Crippen LogP contribution in [0, 0.1) is 0 Å². The van der Waals surface area contributed by atoms with Crippen molar-refractivity contribution < 1.29 is 4.79 Å². The summed E-state index contributed by atoms with van der Waals surface area (Å²) in [4.78, 5) is 18.4. The summed E-state index contributed by atoms with van der Waals surface area (Å²) in [7, 11) is 0. The number of hydrogen-bond donors (Lipinski definition) is 1. The molecule has 0 aromatic carbocycles. The first-order valence-electron chi connectivity index (χ1n) is 6.72. The summed E-state index contributed by atoms with van der Waals surface area (Å²) in [5.41, 5.74) is 1.09. The van der Waals surface area contributed by atoms with E-state index in [1.165, 1.54) is 0 Å². The molecule has 6 heteroatoms. The first-order valence-corrected chi connectivity index (χ1v) is 6.72. The molecule has 2 rings (SSSR count). The van der Waals surface area contributed by atoms with Gasteiger partial charge in [-0.15, -0.1) is 24.8 Å². The summed E-state index contributed by atoms with van der Waals surface area (Å²) >= 11 is 0. The van der Waals surface area contributed by atoms with Gasteiger partial charge in [-0.2, -0.15) is 0 Å². The van der Waals surface area contributed by atoms with Crippen LogP contribution in [0.1, 0.15) is 31.7 Å². The molecule has 1 atom stereocenters. The third-order valence-corrected chi connectivity index (χ3v) is 3.26. The predicted octanol–water partition coefficient (Wildman–Crippen LogP) is 2.42. The zero-order chi connectivity index (χ0) is 12.8. The second kappa shape index (κ2) is 9.97. The Hall–Kier alpha value is -0.840. The summed E-state index contributed by atoms with van der Waals surface area (Å²) in [6.45, 7) is 4.54. The number of aromatic nitrogens is 1. The molecule has 1 saturated heterocycles. The lowest BCUT2D eigenvalue weighted by Crippen LogP contribution is -2.43. The number of hydrogen-bond acceptors (Lipinski definition) is 3. The van der Waals surface area contributed by atoms with Crippen molar-refractivity contribution in [3.05, 3.63) is 30.1 Å². The third kappa shape index (κ3) is 5.27. The molecule has 1 aliphatic heterocycles. The van der Waals surface area contributed by atoms with Gasteiger partial charge >= 0.3 is 0 Å². The van der Waals surface area contributed by atoms with E-state index in [1.54, 1.807) is 6.20 Å². The standard InChI is InChI=1S/C14H21N3O.2ClH/c1-2-9-17(11-12-5-3-7-15-10-12)14(18)13-6-4-8-16-13;;/h3,5,7,10,13,16H,2,4,6,8-9,11H2,1H3;2*1H/t13-;;/m0../s1. The minimum Gasteiger partial charge on any atom is -0.337 e. The van der Waals surface area contributed by atoms with Crippen LogP contribution in [0.2, 0.25) is 0 Å². The first-order chi connectivity index (χ1) is 8.81. The van der Waals surface area contributed by atoms with Gasteiger partial charge in [0.05, 0.1) is 6.04 Å². The molecule has 0 saturated carbocycles. The fraction of sp³-hybridized carbons (Fsp3) is 0.571. The third-order valence-electron chi connectivity index (χ3n) is 3.26. The van der Waals surface area contributed by atoms with Gasteiger partial charge in [0.15, 0.2) is 0 Å². The van der Waals surface area contributed by atoms with Gasteiger partial charge in [-0.25, -0.2) is 0 Å². The Morgan fingerprint density at radius 2 is 2.30 bits per heavy atom. The number of nitrogens with zero attached hydrogens (tertiary/aromatic N) is 2. The molecule has 4 nitrogen and oxygen atoms in total. The number of pyridine rings is 1. The van der Waals surface area contributed by atoms with Crippen LogP contribution in [0.5, 0.6) is 0 Å². The maximum atomic E-state index is 12.4. The van der Waals surface area contributed by atoms with Crippen molar-refractivity contribution in [2.24, 2.45) is 0 Å². The maximum absolute atomic E-state index is 12.4. The Balaban J connectivity index is 0.00000180. The summed E-state index contributed by atoms with van der Waals surface area (Å²) < 4.78 is 0. The highest BCUT2D eigenvalue weighted by molar-refractivity contribution is 5.85. The second-order valence-corrected chi connectivity index (χ2v) is 4.77. The molecular weight excluding hydrogens is 297 g/mol. The van der Waals surface area contributed by atoms with Gasteiger partial charge in [-0.1, -0.05) is 13.0 Å². The van der Waals surface area contributed by atoms with E-state index in [4.69, 9.17) is 0 Å². The van der Waals surface area contributed by atoms with Gasteiger partial charge in [0.25, 0.3) is 0 Å². The van der Waals surface area contributed by atoms with Gasteiger partial charge in [0.1, 0.15) is 0 Å². The van der Waals surface area contributed by atoms with Gasteiger partial charge < -0.3 is 10.2 Å². The molecule has 1 fully saturated rings. The van der Waals surface area contributed by atoms with Crippen LogP contribution in [0.3, 0.4) is 0 Å². The van der Waals surface area contributed by atoms with Crippen molar-refractivity contribution in [2.45, 2.75) is 38.8 Å². The van der Waals surface area contributed by atoms with E-state index in [0.29, 0.717) is 6.54 Å². The molecule has 114 valence electrons. The average molecular weight is 320 g/mol. The Bertz CT molecular complexity index is 383. The van der Waals surface area contributed by atoms with Crippen LogP contribution >= 0.6 is 24.8 Å². The molecule has 1 aromatic rings. The van der Waals surface area contributed by atoms with E-state index in [1.807, 2.05) is 23.2 Å². The highest BCUT2D eigenvalue weighted by atomic mass is 35.5. The van der Waals surface area contributed by atoms with Gasteiger partial charge in [-0.3, -0.25) is 9.78 Å². The Kier molecular flexibility index (Phi) is 9.55. The van der Waals surface area contributed by atoms with Crippen molar-refractivity contribution >= 4 is 30.7 Å². The topological polar surface area (TPSA) is 45.2 Å². The number of carbonyl (C=O) groups excluding carboxylic acids is 1. The maximum Gasteiger partial charge on any atom is 0.240 e. The lowest BCUT2D eigenvalue weighted by Gasteiger charge is -2.25. The van der Waals surface area contributed by atoms with E-state index in [9.17, 15) is 4.79 Å². The normalized spacial score (nSPS) is 16.9. The van der Waals surface area contributed by atoms with Gasteiger partial charge in [0, 0.05) is 25.5 Å². The molecule has 1 N–H and O–H groups in total. The molecule has 0 aliphatic carbocycles. The lowest BCUT2D eigenvalue weighted by molar-refractivity contribution is -0.133. The van der Waals surface area contributed by atoms with Crippen LogP contribution in [-0.2, 0) is 11.3 Å². The van der Waals surface area contributed by atoms with Crippen molar-refractivity contribution in [3.63, 3.8) is 0 Å². The minimum atomic E-state index is 0. The van der Waals surface area contributed by atoms with Crippen molar-refractivity contribution in [1.82, 2.24) is 15.2 Å². The molecule has 2 heterocycles. The van der Waals surface area contributed by atoms with Crippen LogP contribution < -0.4 is 5.32 Å². The molecule has 0 bridgehead atoms. The van der Waals surface area contributed by atoms with E-state index in [-0.39, 0.29) is 36.8 Å². The predicted molar refractivity (Wildman–Crippen MR) is 85.5 cm³/mol. The van der Waals surface area contributed by atoms with E-state index in [2.05, 4.69) is 17.2 Å². The number of amides is 1. The summed E-state index contributed by atoms with van der Waals surface area (Å²) in [5.74, 6) is 0.234. The molecule has 0 spiro atoms. The van der Waals surface area contributed by atoms with E-state index < -0.39 is 0 Å².